The van der Waals surface area contributed by atoms with Crippen LogP contribution >= 0.6 is 0 Å². The summed E-state index contributed by atoms with van der Waals surface area (Å²) in [5.41, 5.74) is 2.05. The lowest BCUT2D eigenvalue weighted by atomic mass is 10.1. The molecular formula is C15H20N2O2. The largest absolute Gasteiger partial charge is 0.497 e. The third-order valence-corrected chi connectivity index (χ3v) is 3.17. The summed E-state index contributed by atoms with van der Waals surface area (Å²) in [6, 6.07) is 11.6. The standard InChI is InChI=1S/C15H20N2O2/c1-17-8-4-6-13(17)10-16-11-15(18)12-5-3-7-14(9-12)19-2/h3-9,15-16,18H,10-11H2,1-2H3. The summed E-state index contributed by atoms with van der Waals surface area (Å²) in [6.07, 6.45) is 1.48. The second-order valence-electron chi connectivity index (χ2n) is 4.53. The molecule has 102 valence electrons. The lowest BCUT2D eigenvalue weighted by Gasteiger charge is -2.13. The van der Waals surface area contributed by atoms with Gasteiger partial charge in [0.2, 0.25) is 0 Å². The van der Waals surface area contributed by atoms with E-state index in [-0.39, 0.29) is 0 Å². The number of aryl methyl sites for hydroxylation is 1. The molecule has 2 aromatic rings. The number of methoxy groups -OCH3 is 1. The zero-order valence-corrected chi connectivity index (χ0v) is 11.3. The Bertz CT molecular complexity index is 522. The maximum Gasteiger partial charge on any atom is 0.119 e. The number of aliphatic hydroxyl groups excluding tert-OH is 1. The van der Waals surface area contributed by atoms with Gasteiger partial charge in [-0.1, -0.05) is 12.1 Å². The fourth-order valence-corrected chi connectivity index (χ4v) is 1.98. The van der Waals surface area contributed by atoms with Crippen molar-refractivity contribution in [1.82, 2.24) is 9.88 Å². The van der Waals surface area contributed by atoms with Crippen LogP contribution in [0.25, 0.3) is 0 Å². The van der Waals surface area contributed by atoms with Crippen LogP contribution in [-0.2, 0) is 13.6 Å². The quantitative estimate of drug-likeness (QED) is 0.833. The van der Waals surface area contributed by atoms with Crippen LogP contribution in [0.4, 0.5) is 0 Å². The smallest absolute Gasteiger partial charge is 0.119 e. The predicted molar refractivity (Wildman–Crippen MR) is 75.1 cm³/mol. The van der Waals surface area contributed by atoms with E-state index in [1.54, 1.807) is 7.11 Å². The molecule has 2 rings (SSSR count). The zero-order valence-electron chi connectivity index (χ0n) is 11.3. The Hall–Kier alpha value is -1.78. The van der Waals surface area contributed by atoms with Crippen LogP contribution in [0.15, 0.2) is 42.6 Å². The summed E-state index contributed by atoms with van der Waals surface area (Å²) in [6.45, 7) is 1.25. The highest BCUT2D eigenvalue weighted by molar-refractivity contribution is 5.29. The maximum absolute atomic E-state index is 10.1. The number of nitrogens with zero attached hydrogens (tertiary/aromatic N) is 1. The molecule has 1 unspecified atom stereocenters. The van der Waals surface area contributed by atoms with E-state index < -0.39 is 6.10 Å². The summed E-state index contributed by atoms with van der Waals surface area (Å²) < 4.78 is 7.21. The van der Waals surface area contributed by atoms with Gasteiger partial charge in [0.1, 0.15) is 5.75 Å². The molecule has 0 fully saturated rings. The van der Waals surface area contributed by atoms with E-state index in [4.69, 9.17) is 4.74 Å². The summed E-state index contributed by atoms with van der Waals surface area (Å²) in [5.74, 6) is 0.763. The molecule has 0 bridgehead atoms. The van der Waals surface area contributed by atoms with E-state index in [1.165, 1.54) is 5.69 Å². The van der Waals surface area contributed by atoms with Crippen LogP contribution in [0, 0.1) is 0 Å². The van der Waals surface area contributed by atoms with Crippen LogP contribution in [0.1, 0.15) is 17.4 Å². The normalized spacial score (nSPS) is 12.4. The molecule has 19 heavy (non-hydrogen) atoms. The van der Waals surface area contributed by atoms with Crippen molar-refractivity contribution in [2.24, 2.45) is 7.05 Å². The van der Waals surface area contributed by atoms with Gasteiger partial charge in [-0.05, 0) is 29.8 Å². The highest BCUT2D eigenvalue weighted by Crippen LogP contribution is 2.18. The van der Waals surface area contributed by atoms with Crippen LogP contribution in [0.5, 0.6) is 5.75 Å². The van der Waals surface area contributed by atoms with E-state index in [9.17, 15) is 5.11 Å². The first kappa shape index (κ1) is 13.6. The van der Waals surface area contributed by atoms with Crippen molar-refractivity contribution in [2.75, 3.05) is 13.7 Å². The number of aliphatic hydroxyl groups is 1. The minimum Gasteiger partial charge on any atom is -0.497 e. The molecule has 4 nitrogen and oxygen atoms in total. The number of hydrogen-bond donors (Lipinski definition) is 2. The summed E-state index contributed by atoms with van der Waals surface area (Å²) in [7, 11) is 3.63. The first-order chi connectivity index (χ1) is 9.20. The average molecular weight is 260 g/mol. The van der Waals surface area contributed by atoms with Gasteiger partial charge >= 0.3 is 0 Å². The van der Waals surface area contributed by atoms with Crippen molar-refractivity contribution in [1.29, 1.82) is 0 Å². The molecule has 2 N–H and O–H groups in total. The fourth-order valence-electron chi connectivity index (χ4n) is 1.98. The molecule has 0 aliphatic rings. The molecule has 1 aromatic heterocycles. The molecule has 0 radical (unpaired) electrons. The monoisotopic (exact) mass is 260 g/mol. The van der Waals surface area contributed by atoms with Gasteiger partial charge in [-0.3, -0.25) is 0 Å². The van der Waals surface area contributed by atoms with Gasteiger partial charge in [0.15, 0.2) is 0 Å². The van der Waals surface area contributed by atoms with E-state index in [2.05, 4.69) is 16.0 Å². The van der Waals surface area contributed by atoms with Crippen LogP contribution in [0.2, 0.25) is 0 Å². The number of benzene rings is 1. The number of aromatic nitrogens is 1. The minimum atomic E-state index is -0.532. The van der Waals surface area contributed by atoms with Gasteiger partial charge in [-0.25, -0.2) is 0 Å². The highest BCUT2D eigenvalue weighted by atomic mass is 16.5. The molecule has 0 spiro atoms. The summed E-state index contributed by atoms with van der Waals surface area (Å²) in [5, 5.41) is 13.4. The Morgan fingerprint density at radius 2 is 2.16 bits per heavy atom. The molecule has 4 heteroatoms. The summed E-state index contributed by atoms with van der Waals surface area (Å²) in [4.78, 5) is 0. The van der Waals surface area contributed by atoms with Crippen molar-refractivity contribution < 1.29 is 9.84 Å². The van der Waals surface area contributed by atoms with Crippen molar-refractivity contribution in [3.63, 3.8) is 0 Å². The van der Waals surface area contributed by atoms with Gasteiger partial charge in [-0.2, -0.15) is 0 Å². The van der Waals surface area contributed by atoms with E-state index >= 15 is 0 Å². The number of rotatable bonds is 6. The molecule has 0 amide bonds. The molecule has 1 aromatic carbocycles. The van der Waals surface area contributed by atoms with Gasteiger partial charge in [0, 0.05) is 32.0 Å². The first-order valence-electron chi connectivity index (χ1n) is 6.33. The van der Waals surface area contributed by atoms with Crippen molar-refractivity contribution in [2.45, 2.75) is 12.6 Å². The van der Waals surface area contributed by atoms with Gasteiger partial charge in [0.25, 0.3) is 0 Å². The lowest BCUT2D eigenvalue weighted by molar-refractivity contribution is 0.173. The highest BCUT2D eigenvalue weighted by Gasteiger charge is 2.08. The van der Waals surface area contributed by atoms with E-state index in [0.717, 1.165) is 17.9 Å². The second-order valence-corrected chi connectivity index (χ2v) is 4.53. The number of ether oxygens (including phenoxy) is 1. The lowest BCUT2D eigenvalue weighted by Crippen LogP contribution is -2.22. The molecule has 0 aliphatic carbocycles. The zero-order chi connectivity index (χ0) is 13.7. The predicted octanol–water partition coefficient (Wildman–Crippen LogP) is 1.86. The first-order valence-corrected chi connectivity index (χ1v) is 6.33. The van der Waals surface area contributed by atoms with Crippen LogP contribution in [-0.4, -0.2) is 23.3 Å². The van der Waals surface area contributed by atoms with E-state index in [1.807, 2.05) is 43.6 Å². The number of nitrogens with one attached hydrogen (secondary N) is 1. The van der Waals surface area contributed by atoms with E-state index in [0.29, 0.717) is 6.54 Å². The minimum absolute atomic E-state index is 0.512. The van der Waals surface area contributed by atoms with Crippen molar-refractivity contribution >= 4 is 0 Å². The van der Waals surface area contributed by atoms with Gasteiger partial charge < -0.3 is 19.7 Å². The molecule has 1 heterocycles. The van der Waals surface area contributed by atoms with Crippen molar-refractivity contribution in [3.8, 4) is 5.75 Å². The number of hydrogen-bond acceptors (Lipinski definition) is 3. The Labute approximate surface area is 113 Å². The van der Waals surface area contributed by atoms with Gasteiger partial charge in [-0.15, -0.1) is 0 Å². The Morgan fingerprint density at radius 1 is 1.32 bits per heavy atom. The Morgan fingerprint density at radius 3 is 2.84 bits per heavy atom. The molecule has 0 saturated heterocycles. The SMILES string of the molecule is COc1cccc(C(O)CNCc2cccn2C)c1. The Balaban J connectivity index is 1.87. The second kappa shape index (κ2) is 6.41. The molecule has 0 saturated carbocycles. The van der Waals surface area contributed by atoms with Gasteiger partial charge in [0.05, 0.1) is 13.2 Å². The average Bonchev–Trinajstić information content (AvgIpc) is 2.84. The molecule has 0 aliphatic heterocycles. The maximum atomic E-state index is 10.1. The third kappa shape index (κ3) is 3.59. The molecular weight excluding hydrogens is 240 g/mol. The topological polar surface area (TPSA) is 46.4 Å². The fraction of sp³-hybridized carbons (Fsp3) is 0.333. The third-order valence-electron chi connectivity index (χ3n) is 3.17. The molecule has 1 atom stereocenters. The Kier molecular flexibility index (Phi) is 4.60. The summed E-state index contributed by atoms with van der Waals surface area (Å²) >= 11 is 0. The van der Waals surface area contributed by atoms with Crippen LogP contribution in [0.3, 0.4) is 0 Å². The van der Waals surface area contributed by atoms with Crippen molar-refractivity contribution in [3.05, 3.63) is 53.9 Å². The van der Waals surface area contributed by atoms with Crippen LogP contribution < -0.4 is 10.1 Å².